The van der Waals surface area contributed by atoms with Crippen LogP contribution in [0.1, 0.15) is 0 Å². The number of aliphatic hydroxyl groups excluding tert-OH is 1. The van der Waals surface area contributed by atoms with E-state index in [1.165, 1.54) is 6.33 Å². The fraction of sp³-hybridized carbons (Fsp3) is 0.389. The van der Waals surface area contributed by atoms with Crippen molar-refractivity contribution in [3.05, 3.63) is 36.7 Å². The topological polar surface area (TPSA) is 129 Å². The molecule has 150 valence electrons. The number of anilines is 3. The number of nitrogens with zero attached hydrogens (tertiary/aromatic N) is 4. The van der Waals surface area contributed by atoms with Gasteiger partial charge in [-0.3, -0.25) is 20.5 Å². The highest BCUT2D eigenvalue weighted by atomic mass is 16.5. The largest absolute Gasteiger partial charge is 0.484 e. The first kappa shape index (κ1) is 19.6. The summed E-state index contributed by atoms with van der Waals surface area (Å²) in [7, 11) is 0. The van der Waals surface area contributed by atoms with Crippen molar-refractivity contribution in [2.75, 3.05) is 62.0 Å². The summed E-state index contributed by atoms with van der Waals surface area (Å²) in [5, 5.41) is 9.04. The Morgan fingerprint density at radius 2 is 1.93 bits per heavy atom. The minimum absolute atomic E-state index is 0.137. The number of aliphatic hydroxyl groups is 1. The van der Waals surface area contributed by atoms with Crippen molar-refractivity contribution in [1.82, 2.24) is 20.3 Å². The SMILES string of the molecule is Nc1c(NNC(=O)COc2ccccc2)ncnc1N1CCN(CCO)CC1. The highest BCUT2D eigenvalue weighted by molar-refractivity contribution is 5.81. The van der Waals surface area contributed by atoms with Crippen molar-refractivity contribution in [2.45, 2.75) is 0 Å². The van der Waals surface area contributed by atoms with Crippen LogP contribution in [0.3, 0.4) is 0 Å². The second-order valence-corrected chi connectivity index (χ2v) is 6.29. The van der Waals surface area contributed by atoms with Gasteiger partial charge in [-0.15, -0.1) is 0 Å². The molecule has 1 aromatic carbocycles. The third-order valence-electron chi connectivity index (χ3n) is 4.38. The Kier molecular flexibility index (Phi) is 6.82. The van der Waals surface area contributed by atoms with Crippen LogP contribution < -0.4 is 26.2 Å². The maximum absolute atomic E-state index is 12.0. The predicted octanol–water partition coefficient (Wildman–Crippen LogP) is -0.305. The number of para-hydroxylation sites is 1. The van der Waals surface area contributed by atoms with Gasteiger partial charge in [-0.25, -0.2) is 9.97 Å². The number of piperazine rings is 1. The fourth-order valence-electron chi connectivity index (χ4n) is 2.89. The summed E-state index contributed by atoms with van der Waals surface area (Å²) in [5.41, 5.74) is 11.8. The highest BCUT2D eigenvalue weighted by Crippen LogP contribution is 2.26. The molecule has 28 heavy (non-hydrogen) atoms. The first-order valence-electron chi connectivity index (χ1n) is 9.08. The summed E-state index contributed by atoms with van der Waals surface area (Å²) in [6, 6.07) is 9.08. The van der Waals surface area contributed by atoms with Crippen LogP contribution in [-0.2, 0) is 4.79 Å². The molecule has 1 saturated heterocycles. The minimum Gasteiger partial charge on any atom is -0.484 e. The van der Waals surface area contributed by atoms with E-state index < -0.39 is 0 Å². The molecule has 2 heterocycles. The summed E-state index contributed by atoms with van der Waals surface area (Å²) in [6.45, 7) is 3.81. The Hall–Kier alpha value is -3.11. The van der Waals surface area contributed by atoms with Crippen molar-refractivity contribution in [2.24, 2.45) is 0 Å². The number of rotatable bonds is 8. The number of nitrogen functional groups attached to an aromatic ring is 1. The number of amides is 1. The molecule has 1 aliphatic heterocycles. The van der Waals surface area contributed by atoms with E-state index in [-0.39, 0.29) is 19.1 Å². The Morgan fingerprint density at radius 1 is 1.18 bits per heavy atom. The van der Waals surface area contributed by atoms with Gasteiger partial charge in [-0.1, -0.05) is 18.2 Å². The Morgan fingerprint density at radius 3 is 2.64 bits per heavy atom. The van der Waals surface area contributed by atoms with E-state index in [2.05, 4.69) is 30.6 Å². The molecule has 0 unspecified atom stereocenters. The maximum atomic E-state index is 12.0. The van der Waals surface area contributed by atoms with Crippen molar-refractivity contribution in [3.8, 4) is 5.75 Å². The van der Waals surface area contributed by atoms with Gasteiger partial charge >= 0.3 is 0 Å². The number of hydrazine groups is 1. The van der Waals surface area contributed by atoms with E-state index in [4.69, 9.17) is 15.6 Å². The van der Waals surface area contributed by atoms with E-state index in [0.29, 0.717) is 29.6 Å². The molecule has 1 aliphatic rings. The van der Waals surface area contributed by atoms with Gasteiger partial charge < -0.3 is 20.5 Å². The third kappa shape index (κ3) is 5.21. The normalized spacial score (nSPS) is 14.5. The zero-order valence-electron chi connectivity index (χ0n) is 15.5. The number of hydrogen-bond donors (Lipinski definition) is 4. The molecular formula is C18H25N7O3. The lowest BCUT2D eigenvalue weighted by molar-refractivity contribution is -0.122. The number of nitrogens with one attached hydrogen (secondary N) is 2. The average Bonchev–Trinajstić information content (AvgIpc) is 2.73. The van der Waals surface area contributed by atoms with Gasteiger partial charge in [-0.05, 0) is 12.1 Å². The monoisotopic (exact) mass is 387 g/mol. The van der Waals surface area contributed by atoms with Crippen molar-refractivity contribution in [3.63, 3.8) is 0 Å². The Labute approximate surface area is 163 Å². The molecule has 1 fully saturated rings. The standard InChI is InChI=1S/C18H25N7O3/c19-16-17(23-22-15(27)12-28-14-4-2-1-3-5-14)20-13-21-18(16)25-8-6-24(7-9-25)10-11-26/h1-5,13,26H,6-12,19H2,(H,22,27)(H,20,21,23). The van der Waals surface area contributed by atoms with Crippen molar-refractivity contribution >= 4 is 23.2 Å². The van der Waals surface area contributed by atoms with Crippen LogP contribution in [0.15, 0.2) is 36.7 Å². The van der Waals surface area contributed by atoms with Gasteiger partial charge in [0.1, 0.15) is 17.8 Å². The molecule has 5 N–H and O–H groups in total. The molecule has 3 rings (SSSR count). The van der Waals surface area contributed by atoms with Gasteiger partial charge in [0.25, 0.3) is 5.91 Å². The molecule has 0 saturated carbocycles. The number of β-amino-alcohol motifs (C(OH)–C–C–N with tert-alkyl or cyclic N) is 1. The van der Waals surface area contributed by atoms with Crippen molar-refractivity contribution < 1.29 is 14.6 Å². The lowest BCUT2D eigenvalue weighted by Gasteiger charge is -2.35. The quantitative estimate of drug-likeness (QED) is 0.451. The van der Waals surface area contributed by atoms with E-state index in [1.807, 2.05) is 18.2 Å². The zero-order chi connectivity index (χ0) is 19.8. The molecule has 0 bridgehead atoms. The highest BCUT2D eigenvalue weighted by Gasteiger charge is 2.21. The van der Waals surface area contributed by atoms with E-state index in [9.17, 15) is 4.79 Å². The summed E-state index contributed by atoms with van der Waals surface area (Å²) >= 11 is 0. The van der Waals surface area contributed by atoms with Crippen molar-refractivity contribution in [1.29, 1.82) is 0 Å². The minimum atomic E-state index is -0.360. The number of benzene rings is 1. The molecule has 0 atom stereocenters. The van der Waals surface area contributed by atoms with Gasteiger partial charge in [0.05, 0.1) is 6.61 Å². The number of carbonyl (C=O) groups is 1. The van der Waals surface area contributed by atoms with Crippen LogP contribution in [0.4, 0.5) is 17.3 Å². The average molecular weight is 387 g/mol. The van der Waals surface area contributed by atoms with Gasteiger partial charge in [0.2, 0.25) is 0 Å². The van der Waals surface area contributed by atoms with E-state index in [0.717, 1.165) is 26.2 Å². The first-order valence-corrected chi connectivity index (χ1v) is 9.08. The van der Waals surface area contributed by atoms with Crippen LogP contribution in [0.5, 0.6) is 5.75 Å². The lowest BCUT2D eigenvalue weighted by atomic mass is 10.3. The van der Waals surface area contributed by atoms with Crippen LogP contribution in [0.25, 0.3) is 0 Å². The number of hydrogen-bond acceptors (Lipinski definition) is 9. The van der Waals surface area contributed by atoms with Gasteiger partial charge in [-0.2, -0.15) is 0 Å². The van der Waals surface area contributed by atoms with Gasteiger partial charge in [0, 0.05) is 32.7 Å². The molecule has 0 radical (unpaired) electrons. The number of ether oxygens (including phenoxy) is 1. The molecule has 0 spiro atoms. The molecule has 1 amide bonds. The second kappa shape index (κ2) is 9.72. The predicted molar refractivity (Wildman–Crippen MR) is 106 cm³/mol. The fourth-order valence-corrected chi connectivity index (χ4v) is 2.89. The molecule has 10 heteroatoms. The second-order valence-electron chi connectivity index (χ2n) is 6.29. The Balaban J connectivity index is 1.52. The molecular weight excluding hydrogens is 362 g/mol. The smallest absolute Gasteiger partial charge is 0.276 e. The van der Waals surface area contributed by atoms with E-state index >= 15 is 0 Å². The lowest BCUT2D eigenvalue weighted by Crippen LogP contribution is -2.47. The Bertz CT molecular complexity index is 767. The van der Waals surface area contributed by atoms with Gasteiger partial charge in [0.15, 0.2) is 18.2 Å². The maximum Gasteiger partial charge on any atom is 0.276 e. The summed E-state index contributed by atoms with van der Waals surface area (Å²) < 4.78 is 5.39. The molecule has 0 aliphatic carbocycles. The van der Waals surface area contributed by atoms with Crippen LogP contribution in [0, 0.1) is 0 Å². The summed E-state index contributed by atoms with van der Waals surface area (Å²) in [4.78, 5) is 24.6. The van der Waals surface area contributed by atoms with Crippen LogP contribution in [-0.4, -0.2) is 71.8 Å². The van der Waals surface area contributed by atoms with Crippen LogP contribution in [0.2, 0.25) is 0 Å². The molecule has 10 nitrogen and oxygen atoms in total. The summed E-state index contributed by atoms with van der Waals surface area (Å²) in [5.74, 6) is 1.20. The molecule has 1 aromatic heterocycles. The number of nitrogens with two attached hydrogens (primary N) is 1. The van der Waals surface area contributed by atoms with Crippen LogP contribution >= 0.6 is 0 Å². The summed E-state index contributed by atoms with van der Waals surface area (Å²) in [6.07, 6.45) is 1.40. The first-order chi connectivity index (χ1) is 13.7. The van der Waals surface area contributed by atoms with E-state index in [1.54, 1.807) is 12.1 Å². The molecule has 2 aromatic rings. The zero-order valence-corrected chi connectivity index (χ0v) is 15.5. The third-order valence-corrected chi connectivity index (χ3v) is 4.38. The number of aromatic nitrogens is 2. The number of carbonyl (C=O) groups excluding carboxylic acids is 1.